The Labute approximate surface area is 278 Å². The van der Waals surface area contributed by atoms with Crippen molar-refractivity contribution in [3.8, 4) is 0 Å². The lowest BCUT2D eigenvalue weighted by molar-refractivity contribution is 0.131. The van der Waals surface area contributed by atoms with Crippen LogP contribution < -0.4 is 5.32 Å². The molecule has 0 saturated carbocycles. The summed E-state index contributed by atoms with van der Waals surface area (Å²) in [6.45, 7) is 8.54. The van der Waals surface area contributed by atoms with Gasteiger partial charge in [0.25, 0.3) is 0 Å². The largest absolute Gasteiger partial charge is 0.380 e. The third-order valence-corrected chi connectivity index (χ3v) is 8.78. The van der Waals surface area contributed by atoms with Gasteiger partial charge < -0.3 is 10.1 Å². The van der Waals surface area contributed by atoms with Gasteiger partial charge in [-0.3, -0.25) is 0 Å². The average molecular weight is 616 g/mol. The molecule has 0 atom stereocenters. The van der Waals surface area contributed by atoms with Gasteiger partial charge in [-0.15, -0.1) is 0 Å². The number of ether oxygens (including phenoxy) is 1. The molecule has 0 aromatic carbocycles. The molecule has 0 spiro atoms. The Bertz CT molecular complexity index is 580. The molecule has 0 fully saturated rings. The fourth-order valence-corrected chi connectivity index (χ4v) is 5.77. The van der Waals surface area contributed by atoms with Crippen LogP contribution in [-0.4, -0.2) is 26.3 Å². The second kappa shape index (κ2) is 42.1. The van der Waals surface area contributed by atoms with Gasteiger partial charge in [0.05, 0.1) is 6.61 Å². The zero-order valence-corrected chi connectivity index (χ0v) is 30.4. The van der Waals surface area contributed by atoms with Gasteiger partial charge in [0.1, 0.15) is 0 Å². The predicted octanol–water partition coefficient (Wildman–Crippen LogP) is 14.0. The first kappa shape index (κ1) is 43.1. The summed E-state index contributed by atoms with van der Waals surface area (Å²) in [5.74, 6) is 0. The Morgan fingerprint density at radius 2 is 0.705 bits per heavy atom. The first-order chi connectivity index (χ1) is 21.9. The van der Waals surface area contributed by atoms with Crippen molar-refractivity contribution in [2.75, 3.05) is 26.3 Å². The van der Waals surface area contributed by atoms with Crippen LogP contribution in [0.4, 0.5) is 0 Å². The number of hydrogen-bond donors (Lipinski definition) is 1. The highest BCUT2D eigenvalue weighted by Crippen LogP contribution is 2.12. The molecule has 0 aromatic heterocycles. The average Bonchev–Trinajstić information content (AvgIpc) is 3.04. The third-order valence-electron chi connectivity index (χ3n) is 8.78. The lowest BCUT2D eigenvalue weighted by atomic mass is 10.1. The van der Waals surface area contributed by atoms with Gasteiger partial charge >= 0.3 is 0 Å². The van der Waals surface area contributed by atoms with E-state index in [1.54, 1.807) is 0 Å². The minimum atomic E-state index is 0.873. The Hall–Kier alpha value is -0.860. The van der Waals surface area contributed by atoms with Crippen LogP contribution in [0, 0.1) is 0 Å². The molecule has 0 aliphatic rings. The van der Waals surface area contributed by atoms with E-state index in [0.717, 1.165) is 32.7 Å². The van der Waals surface area contributed by atoms with Crippen molar-refractivity contribution in [2.24, 2.45) is 0 Å². The van der Waals surface area contributed by atoms with Gasteiger partial charge in [-0.1, -0.05) is 172 Å². The first-order valence-electron chi connectivity index (χ1n) is 20.1. The lowest BCUT2D eigenvalue weighted by Crippen LogP contribution is -2.21. The van der Waals surface area contributed by atoms with E-state index in [2.05, 4.69) is 55.6 Å². The van der Waals surface area contributed by atoms with Crippen LogP contribution in [0.5, 0.6) is 0 Å². The summed E-state index contributed by atoms with van der Waals surface area (Å²) in [5, 5.41) is 3.56. The second-order valence-electron chi connectivity index (χ2n) is 13.3. The number of unbranched alkanes of at least 4 members (excludes halogenated alkanes) is 25. The van der Waals surface area contributed by atoms with Gasteiger partial charge in [-0.25, -0.2) is 0 Å². The molecule has 0 radical (unpaired) electrons. The fourth-order valence-electron chi connectivity index (χ4n) is 5.77. The molecule has 0 aliphatic heterocycles. The van der Waals surface area contributed by atoms with E-state index in [9.17, 15) is 0 Å². The van der Waals surface area contributed by atoms with E-state index in [-0.39, 0.29) is 0 Å². The van der Waals surface area contributed by atoms with Crippen molar-refractivity contribution in [1.82, 2.24) is 5.32 Å². The van der Waals surface area contributed by atoms with E-state index < -0.39 is 0 Å². The summed E-state index contributed by atoms with van der Waals surface area (Å²) in [5.41, 5.74) is 0. The van der Waals surface area contributed by atoms with Crippen molar-refractivity contribution >= 4 is 0 Å². The van der Waals surface area contributed by atoms with Gasteiger partial charge in [-0.2, -0.15) is 0 Å². The van der Waals surface area contributed by atoms with E-state index in [1.807, 2.05) is 0 Å². The van der Waals surface area contributed by atoms with Crippen LogP contribution in [-0.2, 0) is 4.74 Å². The Morgan fingerprint density at radius 1 is 0.341 bits per heavy atom. The Morgan fingerprint density at radius 3 is 1.20 bits per heavy atom. The van der Waals surface area contributed by atoms with Crippen LogP contribution in [0.3, 0.4) is 0 Å². The van der Waals surface area contributed by atoms with Crippen LogP contribution in [0.2, 0.25) is 0 Å². The highest BCUT2D eigenvalue weighted by molar-refractivity contribution is 4.92. The SMILES string of the molecule is CCCCC/C=C\C/C=C\CCCCCCCCCCNCCOCCCCCCCCCC/C=C\CCCCCCCC. The highest BCUT2D eigenvalue weighted by atomic mass is 16.5. The van der Waals surface area contributed by atoms with Crippen molar-refractivity contribution < 1.29 is 4.74 Å². The zero-order chi connectivity index (χ0) is 31.7. The lowest BCUT2D eigenvalue weighted by Gasteiger charge is -2.07. The van der Waals surface area contributed by atoms with E-state index in [4.69, 9.17) is 4.74 Å². The maximum atomic E-state index is 5.83. The predicted molar refractivity (Wildman–Crippen MR) is 201 cm³/mol. The first-order valence-corrected chi connectivity index (χ1v) is 20.1. The Kier molecular flexibility index (Phi) is 41.3. The van der Waals surface area contributed by atoms with Crippen molar-refractivity contribution in [2.45, 2.75) is 206 Å². The van der Waals surface area contributed by atoms with Crippen LogP contribution in [0.25, 0.3) is 0 Å². The highest BCUT2D eigenvalue weighted by Gasteiger charge is 1.95. The molecule has 1 N–H and O–H groups in total. The molecule has 0 unspecified atom stereocenters. The van der Waals surface area contributed by atoms with Crippen molar-refractivity contribution in [3.05, 3.63) is 36.5 Å². The fraction of sp³-hybridized carbons (Fsp3) is 0.857. The quantitative estimate of drug-likeness (QED) is 0.0551. The van der Waals surface area contributed by atoms with Crippen molar-refractivity contribution in [3.63, 3.8) is 0 Å². The molecular formula is C42H81NO. The Balaban J connectivity index is 3.11. The number of nitrogens with one attached hydrogen (secondary N) is 1. The van der Waals surface area contributed by atoms with E-state index >= 15 is 0 Å². The van der Waals surface area contributed by atoms with E-state index in [0.29, 0.717) is 0 Å². The van der Waals surface area contributed by atoms with Crippen LogP contribution >= 0.6 is 0 Å². The van der Waals surface area contributed by atoms with E-state index in [1.165, 1.54) is 186 Å². The topological polar surface area (TPSA) is 21.3 Å². The summed E-state index contributed by atoms with van der Waals surface area (Å²) in [6, 6.07) is 0. The van der Waals surface area contributed by atoms with Gasteiger partial charge in [0, 0.05) is 13.2 Å². The maximum Gasteiger partial charge on any atom is 0.0590 e. The molecule has 0 amide bonds. The summed E-state index contributed by atoms with van der Waals surface area (Å²) in [6.07, 6.45) is 55.1. The number of rotatable bonds is 38. The standard InChI is InChI=1S/C42H81NO/c1-3-5-7-9-11-13-15-17-19-21-23-25-27-29-31-33-35-37-39-43-40-42-44-41-38-36-34-32-30-28-26-24-22-20-18-16-14-12-10-8-6-4-2/h11,13,17-20,43H,3-10,12,14-16,21-42H2,1-2H3/b13-11-,19-17-,20-18-. The second-order valence-corrected chi connectivity index (χ2v) is 13.3. The molecule has 44 heavy (non-hydrogen) atoms. The molecule has 0 aliphatic carbocycles. The normalized spacial score (nSPS) is 12.1. The molecule has 0 saturated heterocycles. The van der Waals surface area contributed by atoms with Gasteiger partial charge in [-0.05, 0) is 77.2 Å². The van der Waals surface area contributed by atoms with Crippen molar-refractivity contribution in [1.29, 1.82) is 0 Å². The smallest absolute Gasteiger partial charge is 0.0590 e. The van der Waals surface area contributed by atoms with Crippen LogP contribution in [0.15, 0.2) is 36.5 Å². The zero-order valence-electron chi connectivity index (χ0n) is 30.4. The minimum absolute atomic E-state index is 0.873. The van der Waals surface area contributed by atoms with Crippen LogP contribution in [0.1, 0.15) is 206 Å². The number of allylic oxidation sites excluding steroid dienone is 6. The summed E-state index contributed by atoms with van der Waals surface area (Å²) < 4.78 is 5.83. The summed E-state index contributed by atoms with van der Waals surface area (Å²) in [7, 11) is 0. The van der Waals surface area contributed by atoms with Gasteiger partial charge in [0.2, 0.25) is 0 Å². The molecule has 260 valence electrons. The third kappa shape index (κ3) is 41.1. The van der Waals surface area contributed by atoms with Gasteiger partial charge in [0.15, 0.2) is 0 Å². The molecule has 0 aromatic rings. The molecule has 2 nitrogen and oxygen atoms in total. The minimum Gasteiger partial charge on any atom is -0.380 e. The molecule has 0 heterocycles. The maximum absolute atomic E-state index is 5.83. The molecule has 0 bridgehead atoms. The molecular weight excluding hydrogens is 534 g/mol. The number of hydrogen-bond acceptors (Lipinski definition) is 2. The summed E-state index contributed by atoms with van der Waals surface area (Å²) in [4.78, 5) is 0. The monoisotopic (exact) mass is 616 g/mol. The molecule has 0 rings (SSSR count). The summed E-state index contributed by atoms with van der Waals surface area (Å²) >= 11 is 0. The molecule has 2 heteroatoms.